The van der Waals surface area contributed by atoms with Crippen molar-refractivity contribution in [2.75, 3.05) is 12.3 Å². The Morgan fingerprint density at radius 2 is 2.19 bits per heavy atom. The Kier molecular flexibility index (Phi) is 3.31. The van der Waals surface area contributed by atoms with E-state index in [2.05, 4.69) is 14.7 Å². The van der Waals surface area contributed by atoms with Gasteiger partial charge in [-0.15, -0.1) is 0 Å². The van der Waals surface area contributed by atoms with Gasteiger partial charge in [0.15, 0.2) is 17.2 Å². The van der Waals surface area contributed by atoms with Crippen LogP contribution in [0.4, 0.5) is 19.0 Å². The number of ether oxygens (including phenoxy) is 1. The molecule has 0 aromatic carbocycles. The third-order valence-electron chi connectivity index (χ3n) is 1.56. The number of nitrogens with zero attached hydrogens (tertiary/aromatic N) is 2. The van der Waals surface area contributed by atoms with Gasteiger partial charge in [-0.05, 0) is 6.92 Å². The fourth-order valence-corrected chi connectivity index (χ4v) is 0.885. The Balaban J connectivity index is 3.14. The third-order valence-corrected chi connectivity index (χ3v) is 1.56. The zero-order valence-electron chi connectivity index (χ0n) is 8.21. The summed E-state index contributed by atoms with van der Waals surface area (Å²) in [5, 5.41) is 0. The van der Waals surface area contributed by atoms with Gasteiger partial charge in [0.05, 0.1) is 12.8 Å². The number of halogens is 3. The van der Waals surface area contributed by atoms with Crippen LogP contribution in [-0.4, -0.2) is 22.5 Å². The molecule has 2 N–H and O–H groups in total. The normalized spacial score (nSPS) is 11.2. The topological polar surface area (TPSA) is 78.1 Å². The number of carbonyl (C=O) groups is 1. The highest BCUT2D eigenvalue weighted by Crippen LogP contribution is 2.27. The standard InChI is InChI=1S/C8H8F3N3O2/c1-2-16-7(15)5-6(12)13-3-4(14-5)8(9,10)11/h3H,2H2,1H3,(H2,12,13). The van der Waals surface area contributed by atoms with Crippen LogP contribution in [-0.2, 0) is 10.9 Å². The number of nitrogens with two attached hydrogens (primary N) is 1. The Hall–Kier alpha value is -1.86. The van der Waals surface area contributed by atoms with Crippen LogP contribution in [0.15, 0.2) is 6.20 Å². The number of nitrogen functional groups attached to an aromatic ring is 1. The van der Waals surface area contributed by atoms with Crippen LogP contribution in [0.1, 0.15) is 23.1 Å². The molecule has 0 unspecified atom stereocenters. The van der Waals surface area contributed by atoms with Gasteiger partial charge in [0.25, 0.3) is 0 Å². The molecule has 0 spiro atoms. The molecule has 5 nitrogen and oxygen atoms in total. The molecule has 0 aliphatic carbocycles. The monoisotopic (exact) mass is 235 g/mol. The van der Waals surface area contributed by atoms with Crippen molar-refractivity contribution in [3.8, 4) is 0 Å². The Morgan fingerprint density at radius 3 is 2.69 bits per heavy atom. The van der Waals surface area contributed by atoms with Crippen LogP contribution in [0.2, 0.25) is 0 Å². The zero-order valence-corrected chi connectivity index (χ0v) is 8.21. The largest absolute Gasteiger partial charge is 0.461 e. The highest BCUT2D eigenvalue weighted by atomic mass is 19.4. The Bertz CT molecular complexity index is 406. The summed E-state index contributed by atoms with van der Waals surface area (Å²) in [5.74, 6) is -1.43. The summed E-state index contributed by atoms with van der Waals surface area (Å²) >= 11 is 0. The maximum Gasteiger partial charge on any atom is 0.434 e. The second-order valence-electron chi connectivity index (χ2n) is 2.71. The van der Waals surface area contributed by atoms with Crippen molar-refractivity contribution in [2.24, 2.45) is 0 Å². The first-order chi connectivity index (χ1) is 7.36. The minimum atomic E-state index is -4.68. The van der Waals surface area contributed by atoms with Gasteiger partial charge in [0.1, 0.15) is 0 Å². The van der Waals surface area contributed by atoms with Gasteiger partial charge in [-0.3, -0.25) is 0 Å². The summed E-state index contributed by atoms with van der Waals surface area (Å²) in [6.07, 6.45) is -4.22. The average molecular weight is 235 g/mol. The molecule has 16 heavy (non-hydrogen) atoms. The van der Waals surface area contributed by atoms with E-state index in [0.29, 0.717) is 6.20 Å². The molecule has 1 heterocycles. The molecule has 0 atom stereocenters. The lowest BCUT2D eigenvalue weighted by Gasteiger charge is -2.08. The molecule has 1 aromatic heterocycles. The first-order valence-electron chi connectivity index (χ1n) is 4.23. The molecule has 0 bridgehead atoms. The average Bonchev–Trinajstić information content (AvgIpc) is 2.16. The van der Waals surface area contributed by atoms with Crippen LogP contribution in [0.25, 0.3) is 0 Å². The van der Waals surface area contributed by atoms with Crippen LogP contribution in [0, 0.1) is 0 Å². The second kappa shape index (κ2) is 4.33. The second-order valence-corrected chi connectivity index (χ2v) is 2.71. The van der Waals surface area contributed by atoms with Crippen molar-refractivity contribution in [3.63, 3.8) is 0 Å². The number of alkyl halides is 3. The molecular formula is C8H8F3N3O2. The molecule has 0 fully saturated rings. The molecule has 1 aromatic rings. The first kappa shape index (κ1) is 12.2. The van der Waals surface area contributed by atoms with E-state index in [-0.39, 0.29) is 6.61 Å². The van der Waals surface area contributed by atoms with Crippen LogP contribution < -0.4 is 5.73 Å². The summed E-state index contributed by atoms with van der Waals surface area (Å²) in [5.41, 5.74) is 3.31. The minimum absolute atomic E-state index is 0.0101. The van der Waals surface area contributed by atoms with Gasteiger partial charge < -0.3 is 10.5 Å². The smallest absolute Gasteiger partial charge is 0.434 e. The lowest BCUT2D eigenvalue weighted by molar-refractivity contribution is -0.141. The summed E-state index contributed by atoms with van der Waals surface area (Å²) in [6.45, 7) is 1.52. The minimum Gasteiger partial charge on any atom is -0.461 e. The quantitative estimate of drug-likeness (QED) is 0.780. The summed E-state index contributed by atoms with van der Waals surface area (Å²) in [6, 6.07) is 0. The molecule has 8 heteroatoms. The van der Waals surface area contributed by atoms with Gasteiger partial charge in [0.2, 0.25) is 0 Å². The van der Waals surface area contributed by atoms with E-state index in [1.165, 1.54) is 6.92 Å². The Labute approximate surface area is 88.4 Å². The van der Waals surface area contributed by atoms with Crippen LogP contribution in [0.3, 0.4) is 0 Å². The maximum absolute atomic E-state index is 12.3. The summed E-state index contributed by atoms with van der Waals surface area (Å²) in [4.78, 5) is 17.5. The van der Waals surface area contributed by atoms with E-state index in [1.807, 2.05) is 0 Å². The molecule has 0 saturated carbocycles. The zero-order chi connectivity index (χ0) is 12.3. The fourth-order valence-electron chi connectivity index (χ4n) is 0.885. The van der Waals surface area contributed by atoms with E-state index in [1.54, 1.807) is 0 Å². The molecule has 0 amide bonds. The van der Waals surface area contributed by atoms with Gasteiger partial charge in [-0.2, -0.15) is 13.2 Å². The van der Waals surface area contributed by atoms with Crippen molar-refractivity contribution >= 4 is 11.8 Å². The van der Waals surface area contributed by atoms with Gasteiger partial charge >= 0.3 is 12.1 Å². The molecule has 0 saturated heterocycles. The summed E-state index contributed by atoms with van der Waals surface area (Å²) in [7, 11) is 0. The van der Waals surface area contributed by atoms with Crippen molar-refractivity contribution < 1.29 is 22.7 Å². The van der Waals surface area contributed by atoms with Crippen LogP contribution in [0.5, 0.6) is 0 Å². The van der Waals surface area contributed by atoms with E-state index >= 15 is 0 Å². The van der Waals surface area contributed by atoms with Crippen molar-refractivity contribution in [1.82, 2.24) is 9.97 Å². The highest BCUT2D eigenvalue weighted by molar-refractivity contribution is 5.91. The number of hydrogen-bond acceptors (Lipinski definition) is 5. The predicted octanol–water partition coefficient (Wildman–Crippen LogP) is 1.25. The molecule has 1 rings (SSSR count). The third kappa shape index (κ3) is 2.59. The number of esters is 1. The first-order valence-corrected chi connectivity index (χ1v) is 4.23. The Morgan fingerprint density at radius 1 is 1.56 bits per heavy atom. The molecule has 0 aliphatic heterocycles. The highest BCUT2D eigenvalue weighted by Gasteiger charge is 2.34. The number of rotatable bonds is 2. The van der Waals surface area contributed by atoms with Crippen molar-refractivity contribution in [2.45, 2.75) is 13.1 Å². The lowest BCUT2D eigenvalue weighted by atomic mass is 10.3. The van der Waals surface area contributed by atoms with Crippen LogP contribution >= 0.6 is 0 Å². The summed E-state index contributed by atoms with van der Waals surface area (Å²) < 4.78 is 41.2. The van der Waals surface area contributed by atoms with E-state index in [9.17, 15) is 18.0 Å². The number of anilines is 1. The fraction of sp³-hybridized carbons (Fsp3) is 0.375. The van der Waals surface area contributed by atoms with Gasteiger partial charge in [-0.1, -0.05) is 0 Å². The van der Waals surface area contributed by atoms with Gasteiger partial charge in [0, 0.05) is 0 Å². The van der Waals surface area contributed by atoms with Gasteiger partial charge in [-0.25, -0.2) is 14.8 Å². The van der Waals surface area contributed by atoms with Crippen molar-refractivity contribution in [3.05, 3.63) is 17.6 Å². The SMILES string of the molecule is CCOC(=O)c1nc(C(F)(F)F)cnc1N. The molecule has 0 aliphatic rings. The predicted molar refractivity (Wildman–Crippen MR) is 47.4 cm³/mol. The number of carbonyl (C=O) groups excluding carboxylic acids is 1. The molecule has 88 valence electrons. The number of aromatic nitrogens is 2. The maximum atomic E-state index is 12.3. The van der Waals surface area contributed by atoms with Crippen molar-refractivity contribution in [1.29, 1.82) is 0 Å². The number of hydrogen-bond donors (Lipinski definition) is 1. The van der Waals surface area contributed by atoms with E-state index < -0.39 is 29.4 Å². The van der Waals surface area contributed by atoms with E-state index in [4.69, 9.17) is 5.73 Å². The molecule has 0 radical (unpaired) electrons. The molecular weight excluding hydrogens is 227 g/mol. The lowest BCUT2D eigenvalue weighted by Crippen LogP contribution is -2.17. The van der Waals surface area contributed by atoms with E-state index in [0.717, 1.165) is 0 Å².